The second kappa shape index (κ2) is 8.30. The van der Waals surface area contributed by atoms with Crippen LogP contribution in [-0.2, 0) is 11.3 Å². The zero-order valence-corrected chi connectivity index (χ0v) is 14.9. The summed E-state index contributed by atoms with van der Waals surface area (Å²) in [5.74, 6) is 1.45. The average Bonchev–Trinajstić information content (AvgIpc) is 2.64. The largest absolute Gasteiger partial charge is 0.380 e. The van der Waals surface area contributed by atoms with Crippen molar-refractivity contribution in [2.75, 3.05) is 7.11 Å². The van der Waals surface area contributed by atoms with Crippen molar-refractivity contribution in [3.63, 3.8) is 0 Å². The molecule has 0 aromatic heterocycles. The van der Waals surface area contributed by atoms with E-state index in [1.807, 2.05) is 0 Å². The van der Waals surface area contributed by atoms with Crippen LogP contribution >= 0.6 is 0 Å². The molecule has 126 valence electrons. The first-order valence-electron chi connectivity index (χ1n) is 9.10. The molecule has 0 bridgehead atoms. The van der Waals surface area contributed by atoms with E-state index in [0.717, 1.165) is 11.8 Å². The van der Waals surface area contributed by atoms with Crippen LogP contribution in [0.1, 0.15) is 66.7 Å². The van der Waals surface area contributed by atoms with Gasteiger partial charge in [-0.1, -0.05) is 60.7 Å². The van der Waals surface area contributed by atoms with Crippen LogP contribution in [0.2, 0.25) is 0 Å². The van der Waals surface area contributed by atoms with E-state index in [2.05, 4.69) is 67.6 Å². The van der Waals surface area contributed by atoms with Gasteiger partial charge in [0, 0.05) is 7.11 Å². The van der Waals surface area contributed by atoms with Crippen LogP contribution in [0.3, 0.4) is 0 Å². The lowest BCUT2D eigenvalue weighted by molar-refractivity contribution is 0.185. The molecule has 0 spiro atoms. The molecule has 0 saturated heterocycles. The van der Waals surface area contributed by atoms with E-state index in [1.165, 1.54) is 47.9 Å². The second-order valence-corrected chi connectivity index (χ2v) is 6.89. The summed E-state index contributed by atoms with van der Waals surface area (Å²) in [5, 5.41) is 0. The van der Waals surface area contributed by atoms with E-state index in [1.54, 1.807) is 7.11 Å². The minimum atomic E-state index is 0.705. The molecule has 1 nitrogen and oxygen atoms in total. The molecule has 0 amide bonds. The summed E-state index contributed by atoms with van der Waals surface area (Å²) in [5.41, 5.74) is 5.57. The molecule has 0 unspecified atom stereocenters. The Labute approximate surface area is 146 Å². The lowest BCUT2D eigenvalue weighted by atomic mass is 9.76. The molecule has 1 heteroatoms. The summed E-state index contributed by atoms with van der Waals surface area (Å²) >= 11 is 0. The average molecular weight is 320 g/mol. The summed E-state index contributed by atoms with van der Waals surface area (Å²) in [7, 11) is 1.75. The first kappa shape index (κ1) is 17.0. The summed E-state index contributed by atoms with van der Waals surface area (Å²) in [6, 6.07) is 18.2. The number of hydrogen-bond acceptors (Lipinski definition) is 1. The van der Waals surface area contributed by atoms with Crippen molar-refractivity contribution >= 4 is 6.08 Å². The monoisotopic (exact) mass is 320 g/mol. The molecule has 1 aliphatic rings. The number of ether oxygens (including phenoxy) is 1. The van der Waals surface area contributed by atoms with E-state index in [9.17, 15) is 0 Å². The molecular weight excluding hydrogens is 292 g/mol. The maximum atomic E-state index is 5.20. The maximum Gasteiger partial charge on any atom is 0.0713 e. The van der Waals surface area contributed by atoms with Crippen LogP contribution in [0.15, 0.2) is 54.6 Å². The van der Waals surface area contributed by atoms with Crippen LogP contribution in [0.4, 0.5) is 0 Å². The number of hydrogen-bond donors (Lipinski definition) is 0. The van der Waals surface area contributed by atoms with Crippen LogP contribution in [-0.4, -0.2) is 7.11 Å². The topological polar surface area (TPSA) is 9.23 Å². The van der Waals surface area contributed by atoms with E-state index in [4.69, 9.17) is 4.74 Å². The summed E-state index contributed by atoms with van der Waals surface area (Å²) < 4.78 is 5.20. The summed E-state index contributed by atoms with van der Waals surface area (Å²) in [6.07, 6.45) is 9.45. The van der Waals surface area contributed by atoms with Gasteiger partial charge in [-0.3, -0.25) is 0 Å². The molecule has 0 radical (unpaired) electrons. The van der Waals surface area contributed by atoms with Gasteiger partial charge in [-0.2, -0.15) is 0 Å². The van der Waals surface area contributed by atoms with Gasteiger partial charge < -0.3 is 4.74 Å². The first-order valence-corrected chi connectivity index (χ1v) is 9.10. The number of rotatable bonds is 5. The third kappa shape index (κ3) is 4.15. The Morgan fingerprint density at radius 1 is 0.833 bits per heavy atom. The lowest BCUT2D eigenvalue weighted by Gasteiger charge is -2.29. The van der Waals surface area contributed by atoms with Crippen molar-refractivity contribution in [2.24, 2.45) is 0 Å². The van der Waals surface area contributed by atoms with E-state index in [0.29, 0.717) is 6.61 Å². The zero-order chi connectivity index (χ0) is 16.8. The standard InChI is InChI=1S/C23H28O/c1-3-4-18-5-9-20(10-6-18)22-13-15-23(16-14-22)21-11-7-19(8-12-21)17-24-2/h3-12,22-23H,13-17H2,1-2H3/b4-3-. The minimum Gasteiger partial charge on any atom is -0.380 e. The molecule has 1 saturated carbocycles. The van der Waals surface area contributed by atoms with Crippen molar-refractivity contribution in [1.82, 2.24) is 0 Å². The Hall–Kier alpha value is -1.86. The van der Waals surface area contributed by atoms with Gasteiger partial charge in [0.25, 0.3) is 0 Å². The van der Waals surface area contributed by atoms with Crippen molar-refractivity contribution < 1.29 is 4.74 Å². The highest BCUT2D eigenvalue weighted by atomic mass is 16.5. The predicted octanol–water partition coefficient (Wildman–Crippen LogP) is 6.31. The van der Waals surface area contributed by atoms with Gasteiger partial charge in [-0.05, 0) is 66.7 Å². The van der Waals surface area contributed by atoms with Crippen LogP contribution in [0, 0.1) is 0 Å². The Morgan fingerprint density at radius 3 is 1.79 bits per heavy atom. The third-order valence-corrected chi connectivity index (χ3v) is 5.26. The van der Waals surface area contributed by atoms with Crippen LogP contribution < -0.4 is 0 Å². The maximum absolute atomic E-state index is 5.20. The minimum absolute atomic E-state index is 0.705. The van der Waals surface area contributed by atoms with E-state index in [-0.39, 0.29) is 0 Å². The molecule has 1 fully saturated rings. The molecule has 0 heterocycles. The molecule has 0 N–H and O–H groups in total. The highest BCUT2D eigenvalue weighted by Gasteiger charge is 2.23. The fourth-order valence-corrected chi connectivity index (χ4v) is 3.88. The number of benzene rings is 2. The molecule has 1 aliphatic carbocycles. The molecule has 2 aromatic rings. The Balaban J connectivity index is 1.58. The summed E-state index contributed by atoms with van der Waals surface area (Å²) in [4.78, 5) is 0. The fourth-order valence-electron chi connectivity index (χ4n) is 3.88. The Bertz CT molecular complexity index is 643. The smallest absolute Gasteiger partial charge is 0.0713 e. The van der Waals surface area contributed by atoms with Gasteiger partial charge in [0.15, 0.2) is 0 Å². The SMILES string of the molecule is C/C=C\c1ccc(C2CCC(c3ccc(COC)cc3)CC2)cc1. The normalized spacial score (nSPS) is 21.2. The highest BCUT2D eigenvalue weighted by Crippen LogP contribution is 2.40. The predicted molar refractivity (Wildman–Crippen MR) is 102 cm³/mol. The fraction of sp³-hybridized carbons (Fsp3) is 0.391. The molecule has 3 rings (SSSR count). The molecule has 0 atom stereocenters. The van der Waals surface area contributed by atoms with E-state index >= 15 is 0 Å². The Kier molecular flexibility index (Phi) is 5.87. The van der Waals surface area contributed by atoms with Gasteiger partial charge in [0.05, 0.1) is 6.61 Å². The van der Waals surface area contributed by atoms with Crippen molar-refractivity contribution in [3.05, 3.63) is 76.9 Å². The lowest BCUT2D eigenvalue weighted by Crippen LogP contribution is -2.12. The Morgan fingerprint density at radius 2 is 1.33 bits per heavy atom. The molecule has 0 aliphatic heterocycles. The van der Waals surface area contributed by atoms with Crippen LogP contribution in [0.5, 0.6) is 0 Å². The number of allylic oxidation sites excluding steroid dienone is 1. The molecule has 24 heavy (non-hydrogen) atoms. The highest BCUT2D eigenvalue weighted by molar-refractivity contribution is 5.49. The third-order valence-electron chi connectivity index (χ3n) is 5.26. The molecular formula is C23H28O. The van der Waals surface area contributed by atoms with E-state index < -0.39 is 0 Å². The second-order valence-electron chi connectivity index (χ2n) is 6.89. The first-order chi connectivity index (χ1) is 11.8. The van der Waals surface area contributed by atoms with Crippen molar-refractivity contribution in [3.8, 4) is 0 Å². The van der Waals surface area contributed by atoms with Gasteiger partial charge >= 0.3 is 0 Å². The van der Waals surface area contributed by atoms with Gasteiger partial charge in [-0.15, -0.1) is 0 Å². The van der Waals surface area contributed by atoms with Gasteiger partial charge in [0.1, 0.15) is 0 Å². The molecule has 2 aromatic carbocycles. The summed E-state index contributed by atoms with van der Waals surface area (Å²) in [6.45, 7) is 2.77. The van der Waals surface area contributed by atoms with Crippen molar-refractivity contribution in [2.45, 2.75) is 51.0 Å². The quantitative estimate of drug-likeness (QED) is 0.627. The van der Waals surface area contributed by atoms with Crippen LogP contribution in [0.25, 0.3) is 6.08 Å². The zero-order valence-electron chi connectivity index (χ0n) is 14.9. The van der Waals surface area contributed by atoms with Crippen molar-refractivity contribution in [1.29, 1.82) is 0 Å². The number of methoxy groups -OCH3 is 1. The van der Waals surface area contributed by atoms with Gasteiger partial charge in [0.2, 0.25) is 0 Å². The van der Waals surface area contributed by atoms with Gasteiger partial charge in [-0.25, -0.2) is 0 Å².